The van der Waals surface area contributed by atoms with E-state index < -0.39 is 0 Å². The highest BCUT2D eigenvalue weighted by atomic mass is 16.5. The molecule has 0 unspecified atom stereocenters. The Morgan fingerprint density at radius 2 is 2.37 bits per heavy atom. The molecule has 1 aliphatic heterocycles. The van der Waals surface area contributed by atoms with Crippen LogP contribution in [0.2, 0.25) is 0 Å². The molecule has 2 rings (SSSR count). The number of hydrogen-bond acceptors (Lipinski definition) is 5. The van der Waals surface area contributed by atoms with Gasteiger partial charge in [0.1, 0.15) is 6.61 Å². The van der Waals surface area contributed by atoms with Crippen molar-refractivity contribution in [3.63, 3.8) is 0 Å². The third kappa shape index (κ3) is 3.32. The summed E-state index contributed by atoms with van der Waals surface area (Å²) < 4.78 is 10.2. The second kappa shape index (κ2) is 6.14. The number of carbonyl (C=O) groups excluding carboxylic acids is 1. The van der Waals surface area contributed by atoms with Crippen LogP contribution >= 0.6 is 0 Å². The van der Waals surface area contributed by atoms with E-state index in [9.17, 15) is 4.79 Å². The first-order chi connectivity index (χ1) is 9.11. The molecule has 1 fully saturated rings. The van der Waals surface area contributed by atoms with E-state index >= 15 is 0 Å². The Kier molecular flexibility index (Phi) is 4.52. The van der Waals surface area contributed by atoms with E-state index in [1.165, 1.54) is 7.11 Å². The van der Waals surface area contributed by atoms with Gasteiger partial charge in [-0.05, 0) is 12.8 Å². The van der Waals surface area contributed by atoms with Gasteiger partial charge in [0.2, 0.25) is 11.8 Å². The van der Waals surface area contributed by atoms with Crippen LogP contribution in [0.4, 0.5) is 0 Å². The van der Waals surface area contributed by atoms with E-state index in [2.05, 4.69) is 10.1 Å². The summed E-state index contributed by atoms with van der Waals surface area (Å²) in [5.41, 5.74) is 0. The molecule has 1 amide bonds. The fraction of sp³-hybridized carbons (Fsp3) is 0.769. The van der Waals surface area contributed by atoms with Gasteiger partial charge < -0.3 is 14.2 Å². The Bertz CT molecular complexity index is 431. The lowest BCUT2D eigenvalue weighted by Crippen LogP contribution is -2.40. The molecule has 6 heteroatoms. The molecule has 0 aliphatic carbocycles. The lowest BCUT2D eigenvalue weighted by atomic mass is 9.98. The Morgan fingerprint density at radius 1 is 1.58 bits per heavy atom. The molecule has 1 saturated heterocycles. The van der Waals surface area contributed by atoms with E-state index in [0.717, 1.165) is 25.2 Å². The molecule has 0 saturated carbocycles. The number of carbonyl (C=O) groups is 1. The summed E-state index contributed by atoms with van der Waals surface area (Å²) in [4.78, 5) is 18.1. The maximum atomic E-state index is 11.8. The zero-order valence-electron chi connectivity index (χ0n) is 11.8. The first-order valence-electron chi connectivity index (χ1n) is 6.72. The van der Waals surface area contributed by atoms with E-state index in [4.69, 9.17) is 9.26 Å². The summed E-state index contributed by atoms with van der Waals surface area (Å²) in [6.45, 7) is 5.62. The third-order valence-electron chi connectivity index (χ3n) is 3.36. The monoisotopic (exact) mass is 267 g/mol. The van der Waals surface area contributed by atoms with Gasteiger partial charge in [-0.2, -0.15) is 4.98 Å². The molecule has 1 aromatic rings. The molecule has 0 spiro atoms. The molecule has 2 heterocycles. The Morgan fingerprint density at radius 3 is 3.00 bits per heavy atom. The van der Waals surface area contributed by atoms with Crippen molar-refractivity contribution < 1.29 is 14.1 Å². The summed E-state index contributed by atoms with van der Waals surface area (Å²) in [5.74, 6) is 1.81. The van der Waals surface area contributed by atoms with E-state index in [0.29, 0.717) is 12.4 Å². The number of amides is 1. The SMILES string of the molecule is COCC(=O)N1CCC[C@H](c2nc(C(C)C)no2)C1. The van der Waals surface area contributed by atoms with Gasteiger partial charge in [-0.3, -0.25) is 4.79 Å². The molecular formula is C13H21N3O3. The molecular weight excluding hydrogens is 246 g/mol. The minimum atomic E-state index is 0.0239. The Balaban J connectivity index is 2.02. The minimum absolute atomic E-state index is 0.0239. The molecule has 0 aromatic carbocycles. The molecule has 1 aliphatic rings. The lowest BCUT2D eigenvalue weighted by Gasteiger charge is -2.30. The van der Waals surface area contributed by atoms with Gasteiger partial charge in [0, 0.05) is 26.1 Å². The van der Waals surface area contributed by atoms with Gasteiger partial charge in [0.05, 0.1) is 5.92 Å². The van der Waals surface area contributed by atoms with Gasteiger partial charge in [0.15, 0.2) is 5.82 Å². The third-order valence-corrected chi connectivity index (χ3v) is 3.36. The van der Waals surface area contributed by atoms with Crippen LogP contribution in [0.25, 0.3) is 0 Å². The highest BCUT2D eigenvalue weighted by Gasteiger charge is 2.28. The largest absolute Gasteiger partial charge is 0.375 e. The van der Waals surface area contributed by atoms with Gasteiger partial charge >= 0.3 is 0 Å². The summed E-state index contributed by atoms with van der Waals surface area (Å²) in [7, 11) is 1.53. The lowest BCUT2D eigenvalue weighted by molar-refractivity contribution is -0.136. The molecule has 0 N–H and O–H groups in total. The van der Waals surface area contributed by atoms with E-state index in [1.807, 2.05) is 18.7 Å². The van der Waals surface area contributed by atoms with Gasteiger partial charge in [-0.1, -0.05) is 19.0 Å². The molecule has 0 bridgehead atoms. The zero-order chi connectivity index (χ0) is 13.8. The predicted molar refractivity (Wildman–Crippen MR) is 68.8 cm³/mol. The average Bonchev–Trinajstić information content (AvgIpc) is 2.89. The number of rotatable bonds is 4. The average molecular weight is 267 g/mol. The molecule has 19 heavy (non-hydrogen) atoms. The summed E-state index contributed by atoms with van der Waals surface area (Å²) in [6.07, 6.45) is 1.94. The van der Waals surface area contributed by atoms with Crippen molar-refractivity contribution in [1.82, 2.24) is 15.0 Å². The molecule has 1 atom stereocenters. The van der Waals surface area contributed by atoms with Crippen LogP contribution in [-0.2, 0) is 9.53 Å². The maximum absolute atomic E-state index is 11.8. The number of methoxy groups -OCH3 is 1. The number of nitrogens with zero attached hydrogens (tertiary/aromatic N) is 3. The van der Waals surface area contributed by atoms with Gasteiger partial charge in [-0.25, -0.2) is 0 Å². The standard InChI is InChI=1S/C13H21N3O3/c1-9(2)12-14-13(19-15-12)10-5-4-6-16(7-10)11(17)8-18-3/h9-10H,4-8H2,1-3H3/t10-/m0/s1. The van der Waals surface area contributed by atoms with Crippen molar-refractivity contribution in [3.8, 4) is 0 Å². The van der Waals surface area contributed by atoms with Crippen LogP contribution in [0.5, 0.6) is 0 Å². The first kappa shape index (κ1) is 14.0. The van der Waals surface area contributed by atoms with Gasteiger partial charge in [-0.15, -0.1) is 0 Å². The topological polar surface area (TPSA) is 68.5 Å². The van der Waals surface area contributed by atoms with Crippen molar-refractivity contribution in [2.45, 2.75) is 38.5 Å². The Hall–Kier alpha value is -1.43. The van der Waals surface area contributed by atoms with Gasteiger partial charge in [0.25, 0.3) is 0 Å². The van der Waals surface area contributed by atoms with Crippen LogP contribution in [0.15, 0.2) is 4.52 Å². The summed E-state index contributed by atoms with van der Waals surface area (Å²) in [6, 6.07) is 0. The van der Waals surface area contributed by atoms with Crippen LogP contribution in [0.3, 0.4) is 0 Å². The second-order valence-electron chi connectivity index (χ2n) is 5.26. The van der Waals surface area contributed by atoms with E-state index in [-0.39, 0.29) is 24.3 Å². The van der Waals surface area contributed by atoms with Crippen LogP contribution in [-0.4, -0.2) is 47.8 Å². The molecule has 1 aromatic heterocycles. The number of piperidine rings is 1. The number of hydrogen-bond donors (Lipinski definition) is 0. The quantitative estimate of drug-likeness (QED) is 0.827. The number of ether oxygens (including phenoxy) is 1. The molecule has 6 nitrogen and oxygen atoms in total. The van der Waals surface area contributed by atoms with Crippen LogP contribution < -0.4 is 0 Å². The summed E-state index contributed by atoms with van der Waals surface area (Å²) in [5, 5.41) is 3.98. The highest BCUT2D eigenvalue weighted by molar-refractivity contribution is 5.77. The Labute approximate surface area is 113 Å². The van der Waals surface area contributed by atoms with Crippen LogP contribution in [0.1, 0.15) is 50.2 Å². The normalized spacial score (nSPS) is 20.0. The van der Waals surface area contributed by atoms with Crippen LogP contribution in [0, 0.1) is 0 Å². The first-order valence-corrected chi connectivity index (χ1v) is 6.72. The predicted octanol–water partition coefficient (Wildman–Crippen LogP) is 1.55. The van der Waals surface area contributed by atoms with Crippen molar-refractivity contribution >= 4 is 5.91 Å². The fourth-order valence-corrected chi connectivity index (χ4v) is 2.27. The zero-order valence-corrected chi connectivity index (χ0v) is 11.8. The number of aromatic nitrogens is 2. The fourth-order valence-electron chi connectivity index (χ4n) is 2.27. The van der Waals surface area contributed by atoms with Crippen molar-refractivity contribution in [2.24, 2.45) is 0 Å². The molecule has 106 valence electrons. The second-order valence-corrected chi connectivity index (χ2v) is 5.26. The van der Waals surface area contributed by atoms with Crippen molar-refractivity contribution in [3.05, 3.63) is 11.7 Å². The summed E-state index contributed by atoms with van der Waals surface area (Å²) >= 11 is 0. The maximum Gasteiger partial charge on any atom is 0.248 e. The highest BCUT2D eigenvalue weighted by Crippen LogP contribution is 2.26. The number of likely N-dealkylation sites (tertiary alicyclic amines) is 1. The minimum Gasteiger partial charge on any atom is -0.375 e. The van der Waals surface area contributed by atoms with Crippen molar-refractivity contribution in [2.75, 3.05) is 26.8 Å². The van der Waals surface area contributed by atoms with Crippen molar-refractivity contribution in [1.29, 1.82) is 0 Å². The smallest absolute Gasteiger partial charge is 0.248 e. The van der Waals surface area contributed by atoms with E-state index in [1.54, 1.807) is 0 Å². The molecule has 0 radical (unpaired) electrons.